The minimum Gasteiger partial charge on any atom is -0.333 e. The molecule has 0 spiro atoms. The average molecular weight is 371 g/mol. The van der Waals surface area contributed by atoms with E-state index in [1.54, 1.807) is 30.3 Å². The number of benzene rings is 2. The van der Waals surface area contributed by atoms with Gasteiger partial charge in [-0.3, -0.25) is 9.59 Å². The molecule has 132 valence electrons. The van der Waals surface area contributed by atoms with Crippen molar-refractivity contribution in [1.82, 2.24) is 4.90 Å². The smallest absolute Gasteiger partial charge is 0.333 e. The van der Waals surface area contributed by atoms with Gasteiger partial charge in [0.1, 0.15) is 0 Å². The van der Waals surface area contributed by atoms with Crippen LogP contribution in [0.1, 0.15) is 11.1 Å². The predicted molar refractivity (Wildman–Crippen MR) is 88.0 cm³/mol. The number of anilines is 1. The molecule has 0 saturated carbocycles. The van der Waals surface area contributed by atoms with Gasteiger partial charge in [0.25, 0.3) is 0 Å². The summed E-state index contributed by atoms with van der Waals surface area (Å²) in [6.45, 7) is 0.153. The lowest BCUT2D eigenvalue weighted by molar-refractivity contribution is -0.143. The summed E-state index contributed by atoms with van der Waals surface area (Å²) in [6, 6.07) is 11.8. The largest absolute Gasteiger partial charge is 0.418 e. The quantitative estimate of drug-likeness (QED) is 0.831. The molecule has 0 aromatic heterocycles. The number of amides is 2. The summed E-state index contributed by atoms with van der Waals surface area (Å²) in [6.07, 6.45) is -4.72. The molecular weight excluding hydrogens is 357 g/mol. The molecule has 0 bridgehead atoms. The fourth-order valence-corrected chi connectivity index (χ4v) is 2.31. The van der Waals surface area contributed by atoms with Crippen LogP contribution < -0.4 is 5.32 Å². The Morgan fingerprint density at radius 3 is 2.36 bits per heavy atom. The standard InChI is InChI=1S/C17H14ClF3N2O2/c1-23(10-11-5-3-2-4-6-11)16(25)15(24)22-14-8-7-12(18)9-13(14)17(19,20)21/h2-9H,10H2,1H3,(H,22,24). The van der Waals surface area contributed by atoms with Crippen LogP contribution in [0.5, 0.6) is 0 Å². The molecule has 2 aromatic rings. The zero-order valence-corrected chi connectivity index (χ0v) is 13.9. The molecule has 1 N–H and O–H groups in total. The van der Waals surface area contributed by atoms with Crippen LogP contribution in [0.2, 0.25) is 5.02 Å². The average Bonchev–Trinajstić information content (AvgIpc) is 2.55. The number of carbonyl (C=O) groups is 2. The Labute approximate surface area is 147 Å². The first kappa shape index (κ1) is 18.8. The van der Waals surface area contributed by atoms with Crippen molar-refractivity contribution in [1.29, 1.82) is 0 Å². The molecular formula is C17H14ClF3N2O2. The fourth-order valence-electron chi connectivity index (χ4n) is 2.14. The van der Waals surface area contributed by atoms with E-state index in [0.29, 0.717) is 6.07 Å². The number of hydrogen-bond donors (Lipinski definition) is 1. The summed E-state index contributed by atoms with van der Waals surface area (Å²) in [5, 5.41) is 1.87. The molecule has 25 heavy (non-hydrogen) atoms. The molecule has 0 fully saturated rings. The number of hydrogen-bond acceptors (Lipinski definition) is 2. The summed E-state index contributed by atoms with van der Waals surface area (Å²) in [5.41, 5.74) is -0.858. The van der Waals surface area contributed by atoms with Crippen LogP contribution in [0.25, 0.3) is 0 Å². The van der Waals surface area contributed by atoms with E-state index in [1.807, 2.05) is 5.32 Å². The number of alkyl halides is 3. The van der Waals surface area contributed by atoms with Crippen LogP contribution in [-0.2, 0) is 22.3 Å². The van der Waals surface area contributed by atoms with Crippen molar-refractivity contribution in [2.24, 2.45) is 0 Å². The number of likely N-dealkylation sites (N-methyl/N-ethyl adjacent to an activating group) is 1. The predicted octanol–water partition coefficient (Wildman–Crippen LogP) is 3.96. The summed E-state index contributed by atoms with van der Waals surface area (Å²) < 4.78 is 39.1. The highest BCUT2D eigenvalue weighted by molar-refractivity contribution is 6.39. The normalized spacial score (nSPS) is 11.1. The fraction of sp³-hybridized carbons (Fsp3) is 0.176. The van der Waals surface area contributed by atoms with E-state index in [2.05, 4.69) is 0 Å². The highest BCUT2D eigenvalue weighted by Crippen LogP contribution is 2.36. The van der Waals surface area contributed by atoms with Gasteiger partial charge < -0.3 is 10.2 Å². The van der Waals surface area contributed by atoms with Crippen molar-refractivity contribution in [2.75, 3.05) is 12.4 Å². The van der Waals surface area contributed by atoms with E-state index < -0.39 is 29.2 Å². The Morgan fingerprint density at radius 1 is 1.12 bits per heavy atom. The molecule has 0 unspecified atom stereocenters. The molecule has 2 rings (SSSR count). The summed E-state index contributed by atoms with van der Waals surface area (Å²) in [5.74, 6) is -2.11. The zero-order chi connectivity index (χ0) is 18.6. The first-order chi connectivity index (χ1) is 11.7. The van der Waals surface area contributed by atoms with Crippen molar-refractivity contribution in [3.63, 3.8) is 0 Å². The van der Waals surface area contributed by atoms with Gasteiger partial charge in [0.15, 0.2) is 0 Å². The molecule has 0 saturated heterocycles. The molecule has 0 aliphatic carbocycles. The van der Waals surface area contributed by atoms with Gasteiger partial charge in [-0.2, -0.15) is 13.2 Å². The molecule has 0 aliphatic rings. The van der Waals surface area contributed by atoms with Crippen molar-refractivity contribution in [2.45, 2.75) is 12.7 Å². The lowest BCUT2D eigenvalue weighted by Gasteiger charge is -2.18. The third kappa shape index (κ3) is 4.96. The molecule has 2 aromatic carbocycles. The van der Waals surface area contributed by atoms with E-state index in [-0.39, 0.29) is 11.6 Å². The SMILES string of the molecule is CN(Cc1ccccc1)C(=O)C(=O)Nc1ccc(Cl)cc1C(F)(F)F. The van der Waals surface area contributed by atoms with Gasteiger partial charge in [-0.1, -0.05) is 41.9 Å². The van der Waals surface area contributed by atoms with Crippen molar-refractivity contribution >= 4 is 29.1 Å². The second-order valence-electron chi connectivity index (χ2n) is 5.29. The number of nitrogens with one attached hydrogen (secondary N) is 1. The van der Waals surface area contributed by atoms with Crippen LogP contribution in [0.3, 0.4) is 0 Å². The van der Waals surface area contributed by atoms with E-state index in [4.69, 9.17) is 11.6 Å². The molecule has 8 heteroatoms. The highest BCUT2D eigenvalue weighted by Gasteiger charge is 2.34. The molecule has 4 nitrogen and oxygen atoms in total. The Balaban J connectivity index is 2.13. The number of nitrogens with zero attached hydrogens (tertiary/aromatic N) is 1. The lowest BCUT2D eigenvalue weighted by atomic mass is 10.1. The maximum absolute atomic E-state index is 13.0. The second-order valence-corrected chi connectivity index (χ2v) is 5.73. The summed E-state index contributed by atoms with van der Waals surface area (Å²) in [7, 11) is 1.39. The Kier molecular flexibility index (Phi) is 5.69. The van der Waals surface area contributed by atoms with E-state index in [0.717, 1.165) is 16.5 Å². The number of rotatable bonds is 3. The first-order valence-electron chi connectivity index (χ1n) is 7.15. The van der Waals surface area contributed by atoms with Crippen LogP contribution in [0.15, 0.2) is 48.5 Å². The van der Waals surface area contributed by atoms with E-state index >= 15 is 0 Å². The van der Waals surface area contributed by atoms with Crippen molar-refractivity contribution < 1.29 is 22.8 Å². The van der Waals surface area contributed by atoms with Gasteiger partial charge in [-0.15, -0.1) is 0 Å². The zero-order valence-electron chi connectivity index (χ0n) is 13.1. The molecule has 0 aliphatic heterocycles. The molecule has 0 heterocycles. The topological polar surface area (TPSA) is 49.4 Å². The van der Waals surface area contributed by atoms with Gasteiger partial charge >= 0.3 is 18.0 Å². The number of carbonyl (C=O) groups excluding carboxylic acids is 2. The molecule has 2 amide bonds. The Morgan fingerprint density at radius 2 is 1.76 bits per heavy atom. The maximum atomic E-state index is 13.0. The van der Waals surface area contributed by atoms with Gasteiger partial charge in [0.05, 0.1) is 11.3 Å². The third-order valence-corrected chi connectivity index (χ3v) is 3.57. The second kappa shape index (κ2) is 7.57. The van der Waals surface area contributed by atoms with Gasteiger partial charge in [-0.25, -0.2) is 0 Å². The monoisotopic (exact) mass is 370 g/mol. The van der Waals surface area contributed by atoms with Crippen LogP contribution in [-0.4, -0.2) is 23.8 Å². The summed E-state index contributed by atoms with van der Waals surface area (Å²) >= 11 is 5.57. The van der Waals surface area contributed by atoms with Crippen molar-refractivity contribution in [3.8, 4) is 0 Å². The Bertz CT molecular complexity index is 779. The minimum absolute atomic E-state index is 0.127. The van der Waals surface area contributed by atoms with E-state index in [9.17, 15) is 22.8 Å². The highest BCUT2D eigenvalue weighted by atomic mass is 35.5. The Hall–Kier alpha value is -2.54. The van der Waals surface area contributed by atoms with E-state index in [1.165, 1.54) is 13.1 Å². The first-order valence-corrected chi connectivity index (χ1v) is 7.53. The summed E-state index contributed by atoms with van der Waals surface area (Å²) in [4.78, 5) is 25.2. The third-order valence-electron chi connectivity index (χ3n) is 3.34. The van der Waals surface area contributed by atoms with Gasteiger partial charge in [-0.05, 0) is 23.8 Å². The van der Waals surface area contributed by atoms with Crippen molar-refractivity contribution in [3.05, 3.63) is 64.7 Å². The van der Waals surface area contributed by atoms with Gasteiger partial charge in [0.2, 0.25) is 0 Å². The molecule has 0 atom stereocenters. The van der Waals surface area contributed by atoms with Crippen LogP contribution >= 0.6 is 11.6 Å². The van der Waals surface area contributed by atoms with Gasteiger partial charge in [0, 0.05) is 18.6 Å². The van der Waals surface area contributed by atoms with Crippen LogP contribution in [0.4, 0.5) is 18.9 Å². The van der Waals surface area contributed by atoms with Crippen LogP contribution in [0, 0.1) is 0 Å². The maximum Gasteiger partial charge on any atom is 0.418 e. The number of halogens is 4. The molecule has 0 radical (unpaired) electrons. The minimum atomic E-state index is -4.72. The lowest BCUT2D eigenvalue weighted by Crippen LogP contribution is -2.37.